The Morgan fingerprint density at radius 1 is 1.00 bits per heavy atom. The van der Waals surface area contributed by atoms with E-state index in [4.69, 9.17) is 11.6 Å². The van der Waals surface area contributed by atoms with Gasteiger partial charge in [0.1, 0.15) is 17.0 Å². The number of piperazine rings is 1. The summed E-state index contributed by atoms with van der Waals surface area (Å²) in [5, 5.41) is 8.14. The van der Waals surface area contributed by atoms with Crippen molar-refractivity contribution in [3.8, 4) is 0 Å². The van der Waals surface area contributed by atoms with E-state index in [9.17, 15) is 18.8 Å². The van der Waals surface area contributed by atoms with Gasteiger partial charge in [-0.2, -0.15) is 5.10 Å². The van der Waals surface area contributed by atoms with Gasteiger partial charge in [0, 0.05) is 56.2 Å². The van der Waals surface area contributed by atoms with Crippen LogP contribution in [-0.2, 0) is 16.6 Å². The van der Waals surface area contributed by atoms with E-state index < -0.39 is 29.7 Å². The number of ketones is 1. The van der Waals surface area contributed by atoms with Crippen LogP contribution >= 0.6 is 11.6 Å². The highest BCUT2D eigenvalue weighted by atomic mass is 35.5. The van der Waals surface area contributed by atoms with Crippen molar-refractivity contribution in [3.63, 3.8) is 0 Å². The van der Waals surface area contributed by atoms with Crippen molar-refractivity contribution >= 4 is 29.2 Å². The second kappa shape index (κ2) is 11.3. The lowest BCUT2D eigenvalue weighted by molar-refractivity contribution is -0.147. The summed E-state index contributed by atoms with van der Waals surface area (Å²) < 4.78 is 15.8. The Kier molecular flexibility index (Phi) is 7.66. The van der Waals surface area contributed by atoms with Crippen molar-refractivity contribution in [1.82, 2.24) is 24.9 Å². The van der Waals surface area contributed by atoms with Crippen LogP contribution in [0.2, 0.25) is 5.15 Å². The summed E-state index contributed by atoms with van der Waals surface area (Å²) in [6.45, 7) is 5.99. The van der Waals surface area contributed by atoms with Gasteiger partial charge >= 0.3 is 0 Å². The Hall–Kier alpha value is -3.56. The summed E-state index contributed by atoms with van der Waals surface area (Å²) in [4.78, 5) is 47.1. The fourth-order valence-electron chi connectivity index (χ4n) is 6.74. The highest BCUT2D eigenvalue weighted by Gasteiger charge is 2.60. The Labute approximate surface area is 249 Å². The third kappa shape index (κ3) is 5.02. The number of aryl methyl sites for hydroxylation is 3. The summed E-state index contributed by atoms with van der Waals surface area (Å²) in [6, 6.07) is 11.5. The molecule has 8 nitrogen and oxygen atoms in total. The van der Waals surface area contributed by atoms with Gasteiger partial charge in [-0.05, 0) is 50.5 Å². The third-order valence-electron chi connectivity index (χ3n) is 8.88. The lowest BCUT2D eigenvalue weighted by Crippen LogP contribution is -2.55. The molecule has 42 heavy (non-hydrogen) atoms. The first-order chi connectivity index (χ1) is 20.2. The van der Waals surface area contributed by atoms with E-state index in [1.807, 2.05) is 32.0 Å². The highest BCUT2D eigenvalue weighted by Crippen LogP contribution is 2.55. The average molecular weight is 592 g/mol. The van der Waals surface area contributed by atoms with Gasteiger partial charge in [0.05, 0.1) is 17.7 Å². The first-order valence-corrected chi connectivity index (χ1v) is 14.9. The minimum absolute atomic E-state index is 0.153. The molecule has 3 fully saturated rings. The molecule has 3 aromatic rings. The molecule has 3 aliphatic rings. The molecule has 1 aliphatic carbocycles. The molecule has 0 radical (unpaired) electrons. The second-order valence-electron chi connectivity index (χ2n) is 11.7. The molecule has 220 valence electrons. The number of rotatable bonds is 6. The van der Waals surface area contributed by atoms with E-state index in [-0.39, 0.29) is 23.5 Å². The molecule has 2 aliphatic heterocycles. The average Bonchev–Trinajstić information content (AvgIpc) is 3.74. The zero-order valence-corrected chi connectivity index (χ0v) is 24.8. The number of carbonyl (C=O) groups excluding carboxylic acids is 3. The SMILES string of the molecule is Cc1cccc(C(=O)C2C(c3ccc(F)cc3)C(C(=O)N3CCNCC3)N(C(=O)C3CC3)C2c2c(C)nn(C)c2Cl)c1. The summed E-state index contributed by atoms with van der Waals surface area (Å²) in [5.74, 6) is -2.79. The molecule has 4 atom stereocenters. The molecule has 2 amide bonds. The molecule has 3 heterocycles. The van der Waals surface area contributed by atoms with Crippen molar-refractivity contribution in [2.24, 2.45) is 18.9 Å². The number of carbonyl (C=O) groups is 3. The lowest BCUT2D eigenvalue weighted by Gasteiger charge is -2.36. The lowest BCUT2D eigenvalue weighted by atomic mass is 9.75. The van der Waals surface area contributed by atoms with Crippen LogP contribution in [0.1, 0.15) is 57.5 Å². The minimum atomic E-state index is -0.971. The molecule has 4 unspecified atom stereocenters. The number of hydrogen-bond donors (Lipinski definition) is 1. The number of halogens is 2. The van der Waals surface area contributed by atoms with Crippen molar-refractivity contribution in [3.05, 3.63) is 87.4 Å². The van der Waals surface area contributed by atoms with E-state index in [1.54, 1.807) is 39.7 Å². The smallest absolute Gasteiger partial charge is 0.246 e. The van der Waals surface area contributed by atoms with Crippen LogP contribution in [0.15, 0.2) is 48.5 Å². The maximum Gasteiger partial charge on any atom is 0.246 e. The van der Waals surface area contributed by atoms with E-state index in [0.29, 0.717) is 53.7 Å². The summed E-state index contributed by atoms with van der Waals surface area (Å²) in [7, 11) is 1.72. The fraction of sp³-hybridized carbons (Fsp3) is 0.438. The maximum absolute atomic E-state index is 14.7. The second-order valence-corrected chi connectivity index (χ2v) is 12.1. The van der Waals surface area contributed by atoms with Crippen molar-refractivity contribution in [2.45, 2.75) is 44.7 Å². The zero-order valence-electron chi connectivity index (χ0n) is 24.0. The van der Waals surface area contributed by atoms with Crippen LogP contribution < -0.4 is 5.32 Å². The van der Waals surface area contributed by atoms with Crippen LogP contribution in [0.5, 0.6) is 0 Å². The van der Waals surface area contributed by atoms with Gasteiger partial charge in [0.15, 0.2) is 5.78 Å². The van der Waals surface area contributed by atoms with Crippen LogP contribution in [0.3, 0.4) is 0 Å². The summed E-state index contributed by atoms with van der Waals surface area (Å²) in [5.41, 5.74) is 3.20. The van der Waals surface area contributed by atoms with Crippen molar-refractivity contribution in [2.75, 3.05) is 26.2 Å². The van der Waals surface area contributed by atoms with Gasteiger partial charge in [0.2, 0.25) is 11.8 Å². The third-order valence-corrected chi connectivity index (χ3v) is 9.33. The van der Waals surface area contributed by atoms with Crippen LogP contribution in [0.4, 0.5) is 4.39 Å². The van der Waals surface area contributed by atoms with Gasteiger partial charge in [-0.1, -0.05) is 47.5 Å². The Balaban J connectivity index is 1.61. The summed E-state index contributed by atoms with van der Waals surface area (Å²) >= 11 is 6.89. The van der Waals surface area contributed by atoms with Gasteiger partial charge in [-0.15, -0.1) is 0 Å². The van der Waals surface area contributed by atoms with Gasteiger partial charge in [-0.25, -0.2) is 4.39 Å². The Morgan fingerprint density at radius 3 is 2.29 bits per heavy atom. The molecular weight excluding hydrogens is 557 g/mol. The Morgan fingerprint density at radius 2 is 1.69 bits per heavy atom. The highest BCUT2D eigenvalue weighted by molar-refractivity contribution is 6.30. The van der Waals surface area contributed by atoms with E-state index in [0.717, 1.165) is 18.4 Å². The topological polar surface area (TPSA) is 87.5 Å². The largest absolute Gasteiger partial charge is 0.338 e. The molecule has 0 spiro atoms. The molecule has 0 bridgehead atoms. The van der Waals surface area contributed by atoms with Gasteiger partial charge in [0.25, 0.3) is 0 Å². The fourth-order valence-corrected chi connectivity index (χ4v) is 7.03. The number of amides is 2. The van der Waals surface area contributed by atoms with Crippen LogP contribution in [0.25, 0.3) is 0 Å². The molecule has 10 heteroatoms. The molecule has 1 aromatic heterocycles. The molecule has 2 saturated heterocycles. The van der Waals surface area contributed by atoms with E-state index >= 15 is 0 Å². The number of aromatic nitrogens is 2. The van der Waals surface area contributed by atoms with Crippen LogP contribution in [-0.4, -0.2) is 69.4 Å². The Bertz CT molecular complexity index is 1530. The molecular formula is C32H35ClFN5O3. The number of Topliss-reactive ketones (excluding diaryl/α,β-unsaturated/α-hetero) is 1. The molecule has 6 rings (SSSR count). The van der Waals surface area contributed by atoms with Crippen LogP contribution in [0, 0.1) is 31.5 Å². The van der Waals surface area contributed by atoms with Gasteiger partial charge in [-0.3, -0.25) is 19.1 Å². The molecule has 2 aromatic carbocycles. The number of nitrogens with zero attached hydrogens (tertiary/aromatic N) is 4. The number of likely N-dealkylation sites (tertiary alicyclic amines) is 1. The van der Waals surface area contributed by atoms with Gasteiger partial charge < -0.3 is 15.1 Å². The standard InChI is InChI=1S/C32H35ClFN5O3/c1-18-5-4-6-22(17-18)29(40)26-25(20-9-11-23(34)12-10-20)28(32(42)38-15-13-35-14-16-38)39(31(41)21-7-8-21)27(26)24-19(2)36-37(3)30(24)33/h4-6,9-12,17,21,25-28,35H,7-8,13-16H2,1-3H3. The van der Waals surface area contributed by atoms with E-state index in [1.165, 1.54) is 12.1 Å². The van der Waals surface area contributed by atoms with E-state index in [2.05, 4.69) is 10.4 Å². The monoisotopic (exact) mass is 591 g/mol. The zero-order chi connectivity index (χ0) is 29.7. The summed E-state index contributed by atoms with van der Waals surface area (Å²) in [6.07, 6.45) is 1.46. The first kappa shape index (κ1) is 28.6. The minimum Gasteiger partial charge on any atom is -0.338 e. The quantitative estimate of drug-likeness (QED) is 0.434. The molecule has 1 N–H and O–H groups in total. The number of hydrogen-bond acceptors (Lipinski definition) is 5. The molecule has 1 saturated carbocycles. The number of nitrogens with one attached hydrogen (secondary N) is 1. The predicted octanol–water partition coefficient (Wildman–Crippen LogP) is 4.21. The predicted molar refractivity (Wildman–Crippen MR) is 157 cm³/mol. The van der Waals surface area contributed by atoms with Crippen molar-refractivity contribution in [1.29, 1.82) is 0 Å². The first-order valence-electron chi connectivity index (χ1n) is 14.5. The van der Waals surface area contributed by atoms with Crippen molar-refractivity contribution < 1.29 is 18.8 Å². The number of benzene rings is 2. The normalized spacial score (nSPS) is 24.2. The maximum atomic E-state index is 14.7.